The molecule has 0 fully saturated rings. The maximum atomic E-state index is 11.9. The van der Waals surface area contributed by atoms with Crippen LogP contribution in [0.4, 0.5) is 4.79 Å². The van der Waals surface area contributed by atoms with E-state index in [2.05, 4.69) is 16.4 Å². The number of nitrogens with zero attached hydrogens (tertiary/aromatic N) is 2. The van der Waals surface area contributed by atoms with E-state index in [1.165, 1.54) is 22.3 Å². The van der Waals surface area contributed by atoms with Crippen LogP contribution >= 0.6 is 11.3 Å². The van der Waals surface area contributed by atoms with Crippen LogP contribution in [-0.4, -0.2) is 46.6 Å². The predicted molar refractivity (Wildman–Crippen MR) is 76.1 cm³/mol. The van der Waals surface area contributed by atoms with Crippen LogP contribution in [0.15, 0.2) is 17.0 Å². The SMILES string of the molecule is CC1=CCCN(C(=O)NCCc2nc(C(=O)O)cs2)C1. The minimum Gasteiger partial charge on any atom is -0.476 e. The van der Waals surface area contributed by atoms with Crippen LogP contribution in [0.2, 0.25) is 0 Å². The number of amides is 2. The van der Waals surface area contributed by atoms with E-state index in [-0.39, 0.29) is 11.7 Å². The summed E-state index contributed by atoms with van der Waals surface area (Å²) < 4.78 is 0. The third kappa shape index (κ3) is 3.80. The number of urea groups is 1. The van der Waals surface area contributed by atoms with Crippen molar-refractivity contribution in [3.63, 3.8) is 0 Å². The Morgan fingerprint density at radius 2 is 2.35 bits per heavy atom. The first-order valence-corrected chi connectivity index (χ1v) is 7.30. The lowest BCUT2D eigenvalue weighted by atomic mass is 10.1. The van der Waals surface area contributed by atoms with Crippen molar-refractivity contribution in [1.82, 2.24) is 15.2 Å². The lowest BCUT2D eigenvalue weighted by molar-refractivity contribution is 0.0691. The van der Waals surface area contributed by atoms with Crippen LogP contribution in [-0.2, 0) is 6.42 Å². The van der Waals surface area contributed by atoms with E-state index in [0.29, 0.717) is 19.5 Å². The van der Waals surface area contributed by atoms with Gasteiger partial charge in [0, 0.05) is 31.4 Å². The van der Waals surface area contributed by atoms with Crippen LogP contribution in [0.5, 0.6) is 0 Å². The molecule has 2 amide bonds. The topological polar surface area (TPSA) is 82.5 Å². The highest BCUT2D eigenvalue weighted by Gasteiger charge is 2.16. The fourth-order valence-electron chi connectivity index (χ4n) is 2.00. The molecule has 0 atom stereocenters. The number of rotatable bonds is 4. The molecule has 1 aliphatic rings. The lowest BCUT2D eigenvalue weighted by Gasteiger charge is -2.26. The first-order valence-electron chi connectivity index (χ1n) is 6.42. The van der Waals surface area contributed by atoms with Gasteiger partial charge in [-0.05, 0) is 13.3 Å². The van der Waals surface area contributed by atoms with Gasteiger partial charge in [0.2, 0.25) is 0 Å². The van der Waals surface area contributed by atoms with Crippen LogP contribution in [0.3, 0.4) is 0 Å². The van der Waals surface area contributed by atoms with Crippen molar-refractivity contribution < 1.29 is 14.7 Å². The molecule has 0 saturated heterocycles. The van der Waals surface area contributed by atoms with Crippen LogP contribution in [0, 0.1) is 0 Å². The average Bonchev–Trinajstić information content (AvgIpc) is 2.87. The van der Waals surface area contributed by atoms with E-state index in [9.17, 15) is 9.59 Å². The lowest BCUT2D eigenvalue weighted by Crippen LogP contribution is -2.43. The number of aromatic carboxylic acids is 1. The number of aromatic nitrogens is 1. The van der Waals surface area contributed by atoms with E-state index in [0.717, 1.165) is 18.0 Å². The van der Waals surface area contributed by atoms with Crippen LogP contribution < -0.4 is 5.32 Å². The molecule has 2 N–H and O–H groups in total. The highest BCUT2D eigenvalue weighted by Crippen LogP contribution is 2.11. The number of carboxylic acids is 1. The first kappa shape index (κ1) is 14.5. The number of hydrogen-bond acceptors (Lipinski definition) is 4. The van der Waals surface area contributed by atoms with Gasteiger partial charge in [-0.15, -0.1) is 11.3 Å². The quantitative estimate of drug-likeness (QED) is 0.829. The van der Waals surface area contributed by atoms with Gasteiger partial charge in [0.15, 0.2) is 5.69 Å². The smallest absolute Gasteiger partial charge is 0.355 e. The standard InChI is InChI=1S/C13H17N3O3S/c1-9-3-2-6-16(7-9)13(19)14-5-4-11-15-10(8-20-11)12(17)18/h3,8H,2,4-7H2,1H3,(H,14,19)(H,17,18). The Kier molecular flexibility index (Phi) is 4.73. The van der Waals surface area contributed by atoms with Gasteiger partial charge in [0.25, 0.3) is 0 Å². The van der Waals surface area contributed by atoms with E-state index in [1.54, 1.807) is 4.90 Å². The Labute approximate surface area is 121 Å². The highest BCUT2D eigenvalue weighted by atomic mass is 32.1. The maximum Gasteiger partial charge on any atom is 0.355 e. The summed E-state index contributed by atoms with van der Waals surface area (Å²) in [7, 11) is 0. The number of carbonyl (C=O) groups is 2. The molecular formula is C13H17N3O3S. The minimum atomic E-state index is -1.02. The molecule has 0 aromatic carbocycles. The summed E-state index contributed by atoms with van der Waals surface area (Å²) in [5, 5.41) is 13.8. The number of carbonyl (C=O) groups excluding carboxylic acids is 1. The first-order chi connectivity index (χ1) is 9.56. The van der Waals surface area contributed by atoms with Gasteiger partial charge in [-0.3, -0.25) is 0 Å². The van der Waals surface area contributed by atoms with E-state index < -0.39 is 5.97 Å². The summed E-state index contributed by atoms with van der Waals surface area (Å²) >= 11 is 1.30. The van der Waals surface area contributed by atoms with Gasteiger partial charge in [-0.1, -0.05) is 11.6 Å². The van der Waals surface area contributed by atoms with Gasteiger partial charge >= 0.3 is 12.0 Å². The predicted octanol–water partition coefficient (Wildman–Crippen LogP) is 1.75. The molecule has 0 radical (unpaired) electrons. The van der Waals surface area contributed by atoms with Gasteiger partial charge in [-0.2, -0.15) is 0 Å². The van der Waals surface area contributed by atoms with Crippen molar-refractivity contribution in [3.05, 3.63) is 27.7 Å². The molecule has 2 heterocycles. The van der Waals surface area contributed by atoms with Gasteiger partial charge in [-0.25, -0.2) is 14.6 Å². The highest BCUT2D eigenvalue weighted by molar-refractivity contribution is 7.09. The molecule has 0 unspecified atom stereocenters. The number of hydrogen-bond donors (Lipinski definition) is 2. The van der Waals surface area contributed by atoms with Crippen LogP contribution in [0.1, 0.15) is 28.8 Å². The molecule has 0 spiro atoms. The number of thiazole rings is 1. The molecular weight excluding hydrogens is 278 g/mol. The molecule has 2 rings (SSSR count). The zero-order valence-electron chi connectivity index (χ0n) is 11.3. The van der Waals surface area contributed by atoms with Crippen molar-refractivity contribution >= 4 is 23.3 Å². The molecule has 1 aromatic rings. The molecule has 7 heteroatoms. The van der Waals surface area contributed by atoms with Gasteiger partial charge in [0.05, 0.1) is 5.01 Å². The van der Waals surface area contributed by atoms with E-state index in [4.69, 9.17) is 5.11 Å². The Morgan fingerprint density at radius 1 is 1.55 bits per heavy atom. The summed E-state index contributed by atoms with van der Waals surface area (Å²) in [5.74, 6) is -1.02. The Hall–Kier alpha value is -1.89. The van der Waals surface area contributed by atoms with E-state index >= 15 is 0 Å². The molecule has 0 aliphatic carbocycles. The van der Waals surface area contributed by atoms with Crippen molar-refractivity contribution in [2.45, 2.75) is 19.8 Å². The fourth-order valence-corrected chi connectivity index (χ4v) is 2.77. The maximum absolute atomic E-state index is 11.9. The monoisotopic (exact) mass is 295 g/mol. The molecule has 20 heavy (non-hydrogen) atoms. The van der Waals surface area contributed by atoms with Crippen LogP contribution in [0.25, 0.3) is 0 Å². The molecule has 1 aromatic heterocycles. The second-order valence-electron chi connectivity index (χ2n) is 4.67. The number of nitrogens with one attached hydrogen (secondary N) is 1. The Bertz CT molecular complexity index is 539. The third-order valence-corrected chi connectivity index (χ3v) is 3.91. The van der Waals surface area contributed by atoms with Crippen molar-refractivity contribution in [2.75, 3.05) is 19.6 Å². The van der Waals surface area contributed by atoms with Crippen molar-refractivity contribution in [2.24, 2.45) is 0 Å². The summed E-state index contributed by atoms with van der Waals surface area (Å²) in [5.41, 5.74) is 1.27. The molecule has 0 saturated carbocycles. The van der Waals surface area contributed by atoms with Crippen molar-refractivity contribution in [3.8, 4) is 0 Å². The third-order valence-electron chi connectivity index (χ3n) is 3.01. The minimum absolute atomic E-state index is 0.0631. The number of carboxylic acid groups (broad SMARTS) is 1. The summed E-state index contributed by atoms with van der Waals surface area (Å²) in [6, 6.07) is -0.0764. The second-order valence-corrected chi connectivity index (χ2v) is 5.62. The van der Waals surface area contributed by atoms with E-state index in [1.807, 2.05) is 6.92 Å². The van der Waals surface area contributed by atoms with Crippen molar-refractivity contribution in [1.29, 1.82) is 0 Å². The fraction of sp³-hybridized carbons (Fsp3) is 0.462. The van der Waals surface area contributed by atoms with Gasteiger partial charge in [0.1, 0.15) is 0 Å². The normalized spacial score (nSPS) is 14.8. The largest absolute Gasteiger partial charge is 0.476 e. The molecule has 1 aliphatic heterocycles. The summed E-state index contributed by atoms with van der Waals surface area (Å²) in [6.45, 7) is 3.89. The molecule has 6 nitrogen and oxygen atoms in total. The zero-order chi connectivity index (χ0) is 14.5. The molecule has 0 bridgehead atoms. The average molecular weight is 295 g/mol. The zero-order valence-corrected chi connectivity index (χ0v) is 12.1. The molecule has 108 valence electrons. The summed E-state index contributed by atoms with van der Waals surface area (Å²) in [4.78, 5) is 28.4. The summed E-state index contributed by atoms with van der Waals surface area (Å²) in [6.07, 6.45) is 3.59. The second kappa shape index (κ2) is 6.51. The Balaban J connectivity index is 1.76. The van der Waals surface area contributed by atoms with Gasteiger partial charge < -0.3 is 15.3 Å². The Morgan fingerprint density at radius 3 is 3.00 bits per heavy atom.